The maximum atomic E-state index is 12.2. The number of rotatable bonds is 3. The zero-order chi connectivity index (χ0) is 14.0. The van der Waals surface area contributed by atoms with Crippen LogP contribution >= 0.6 is 0 Å². The fourth-order valence-electron chi connectivity index (χ4n) is 1.79. The molecule has 0 atom stereocenters. The number of para-hydroxylation sites is 1. The predicted molar refractivity (Wildman–Crippen MR) is 62.3 cm³/mol. The Kier molecular flexibility index (Phi) is 3.48. The van der Waals surface area contributed by atoms with Crippen LogP contribution in [-0.4, -0.2) is 23.4 Å². The number of halogens is 3. The van der Waals surface area contributed by atoms with Crippen LogP contribution in [0.5, 0.6) is 0 Å². The van der Waals surface area contributed by atoms with Crippen molar-refractivity contribution in [1.82, 2.24) is 4.73 Å². The van der Waals surface area contributed by atoms with Gasteiger partial charge in [0.25, 0.3) is 0 Å². The molecule has 0 fully saturated rings. The lowest BCUT2D eigenvalue weighted by molar-refractivity contribution is -0.199. The van der Waals surface area contributed by atoms with Crippen LogP contribution in [-0.2, 0) is 11.2 Å². The number of carbonyl (C=O) groups excluding carboxylic acids is 1. The van der Waals surface area contributed by atoms with Gasteiger partial charge in [-0.1, -0.05) is 18.2 Å². The molecule has 0 bridgehead atoms. The SMILES string of the molecule is NCCc1cn(OC(=O)C(F)(F)F)c2ccccc12. The summed E-state index contributed by atoms with van der Waals surface area (Å²) in [4.78, 5) is 15.2. The van der Waals surface area contributed by atoms with Crippen LogP contribution in [0.2, 0.25) is 0 Å². The minimum atomic E-state index is -5.03. The number of nitrogens with two attached hydrogens (primary N) is 1. The minimum absolute atomic E-state index is 0.348. The topological polar surface area (TPSA) is 57.2 Å². The molecule has 0 aliphatic heterocycles. The van der Waals surface area contributed by atoms with Gasteiger partial charge < -0.3 is 10.6 Å². The van der Waals surface area contributed by atoms with Crippen molar-refractivity contribution in [1.29, 1.82) is 0 Å². The Labute approximate surface area is 106 Å². The van der Waals surface area contributed by atoms with E-state index in [9.17, 15) is 18.0 Å². The molecule has 19 heavy (non-hydrogen) atoms. The number of hydrogen-bond acceptors (Lipinski definition) is 3. The van der Waals surface area contributed by atoms with Crippen molar-refractivity contribution in [3.05, 3.63) is 36.0 Å². The number of benzene rings is 1. The Balaban J connectivity index is 2.41. The van der Waals surface area contributed by atoms with E-state index in [4.69, 9.17) is 5.73 Å². The molecule has 0 amide bonds. The average Bonchev–Trinajstić information content (AvgIpc) is 2.68. The summed E-state index contributed by atoms with van der Waals surface area (Å²) in [6, 6.07) is 6.70. The Hall–Kier alpha value is -2.02. The Morgan fingerprint density at radius 1 is 1.32 bits per heavy atom. The highest BCUT2D eigenvalue weighted by Gasteiger charge is 2.42. The molecular formula is C12H11F3N2O2. The predicted octanol–water partition coefficient (Wildman–Crippen LogP) is 1.66. The average molecular weight is 272 g/mol. The van der Waals surface area contributed by atoms with E-state index in [2.05, 4.69) is 4.84 Å². The van der Waals surface area contributed by atoms with E-state index in [0.29, 0.717) is 23.9 Å². The lowest BCUT2D eigenvalue weighted by Gasteiger charge is -2.07. The molecule has 0 saturated heterocycles. The summed E-state index contributed by atoms with van der Waals surface area (Å²) in [6.07, 6.45) is -3.20. The van der Waals surface area contributed by atoms with Crippen molar-refractivity contribution in [2.45, 2.75) is 12.6 Å². The Morgan fingerprint density at radius 2 is 2.00 bits per heavy atom. The maximum absolute atomic E-state index is 12.2. The molecule has 0 saturated carbocycles. The zero-order valence-corrected chi connectivity index (χ0v) is 9.78. The molecular weight excluding hydrogens is 261 g/mol. The second-order valence-corrected chi connectivity index (χ2v) is 3.91. The van der Waals surface area contributed by atoms with Gasteiger partial charge in [-0.3, -0.25) is 0 Å². The lowest BCUT2D eigenvalue weighted by Crippen LogP contribution is -2.32. The van der Waals surface area contributed by atoms with Crippen molar-refractivity contribution < 1.29 is 22.8 Å². The summed E-state index contributed by atoms with van der Waals surface area (Å²) < 4.78 is 37.4. The fraction of sp³-hybridized carbons (Fsp3) is 0.250. The van der Waals surface area contributed by atoms with Gasteiger partial charge in [-0.25, -0.2) is 4.79 Å². The molecule has 2 aromatic rings. The quantitative estimate of drug-likeness (QED) is 0.924. The van der Waals surface area contributed by atoms with Crippen LogP contribution < -0.4 is 10.6 Å². The van der Waals surface area contributed by atoms with Gasteiger partial charge in [-0.2, -0.15) is 17.9 Å². The fourth-order valence-corrected chi connectivity index (χ4v) is 1.79. The molecule has 4 nitrogen and oxygen atoms in total. The van der Waals surface area contributed by atoms with Crippen LogP contribution in [0.4, 0.5) is 13.2 Å². The van der Waals surface area contributed by atoms with Crippen molar-refractivity contribution in [3.8, 4) is 0 Å². The van der Waals surface area contributed by atoms with Gasteiger partial charge >= 0.3 is 12.1 Å². The van der Waals surface area contributed by atoms with Gasteiger partial charge in [-0.05, 0) is 24.6 Å². The molecule has 2 N–H and O–H groups in total. The molecule has 0 radical (unpaired) electrons. The first-order chi connectivity index (χ1) is 8.93. The Morgan fingerprint density at radius 3 is 2.63 bits per heavy atom. The van der Waals surface area contributed by atoms with E-state index in [-0.39, 0.29) is 0 Å². The van der Waals surface area contributed by atoms with E-state index in [0.717, 1.165) is 10.3 Å². The number of carbonyl (C=O) groups is 1. The summed E-state index contributed by atoms with van der Waals surface area (Å²) in [7, 11) is 0. The highest BCUT2D eigenvalue weighted by atomic mass is 19.4. The summed E-state index contributed by atoms with van der Waals surface area (Å²) in [5.41, 5.74) is 6.56. The van der Waals surface area contributed by atoms with E-state index in [1.165, 1.54) is 6.20 Å². The van der Waals surface area contributed by atoms with Gasteiger partial charge in [0.2, 0.25) is 0 Å². The molecule has 1 aromatic heterocycles. The van der Waals surface area contributed by atoms with Crippen LogP contribution in [0, 0.1) is 0 Å². The molecule has 0 aliphatic carbocycles. The highest BCUT2D eigenvalue weighted by molar-refractivity contribution is 5.85. The number of aromatic nitrogens is 1. The summed E-state index contributed by atoms with van der Waals surface area (Å²) >= 11 is 0. The van der Waals surface area contributed by atoms with Crippen LogP contribution in [0.1, 0.15) is 5.56 Å². The lowest BCUT2D eigenvalue weighted by atomic mass is 10.1. The van der Waals surface area contributed by atoms with Gasteiger partial charge in [0, 0.05) is 11.6 Å². The summed E-state index contributed by atoms with van der Waals surface area (Å²) in [5.74, 6) is -2.26. The first-order valence-electron chi connectivity index (χ1n) is 5.52. The van der Waals surface area contributed by atoms with Crippen molar-refractivity contribution >= 4 is 16.9 Å². The third-order valence-electron chi connectivity index (χ3n) is 2.59. The number of hydrogen-bond donors (Lipinski definition) is 1. The first kappa shape index (κ1) is 13.4. The van der Waals surface area contributed by atoms with Crippen LogP contribution in [0.3, 0.4) is 0 Å². The van der Waals surface area contributed by atoms with Gasteiger partial charge in [0.05, 0.1) is 5.52 Å². The van der Waals surface area contributed by atoms with Crippen LogP contribution in [0.15, 0.2) is 30.5 Å². The molecule has 0 unspecified atom stereocenters. The monoisotopic (exact) mass is 272 g/mol. The molecule has 0 spiro atoms. The maximum Gasteiger partial charge on any atom is 0.493 e. The second-order valence-electron chi connectivity index (χ2n) is 3.91. The molecule has 1 heterocycles. The number of alkyl halides is 3. The van der Waals surface area contributed by atoms with Crippen molar-refractivity contribution in [2.24, 2.45) is 5.73 Å². The minimum Gasteiger partial charge on any atom is -0.330 e. The highest BCUT2D eigenvalue weighted by Crippen LogP contribution is 2.22. The van der Waals surface area contributed by atoms with E-state index in [1.54, 1.807) is 24.3 Å². The zero-order valence-electron chi connectivity index (χ0n) is 9.78. The molecule has 7 heteroatoms. The van der Waals surface area contributed by atoms with Crippen LogP contribution in [0.25, 0.3) is 10.9 Å². The van der Waals surface area contributed by atoms with Gasteiger partial charge in [-0.15, -0.1) is 0 Å². The summed E-state index contributed by atoms with van der Waals surface area (Å²) in [6.45, 7) is 0.348. The number of fused-ring (bicyclic) bond motifs is 1. The normalized spacial score (nSPS) is 11.8. The van der Waals surface area contributed by atoms with E-state index < -0.39 is 12.1 Å². The van der Waals surface area contributed by atoms with Crippen molar-refractivity contribution in [2.75, 3.05) is 6.54 Å². The van der Waals surface area contributed by atoms with Gasteiger partial charge in [0.15, 0.2) is 0 Å². The third-order valence-corrected chi connectivity index (χ3v) is 2.59. The molecule has 1 aromatic carbocycles. The molecule has 102 valence electrons. The smallest absolute Gasteiger partial charge is 0.330 e. The Bertz CT molecular complexity index is 605. The van der Waals surface area contributed by atoms with Gasteiger partial charge in [0.1, 0.15) is 0 Å². The summed E-state index contributed by atoms with van der Waals surface area (Å²) in [5, 5.41) is 0.711. The van der Waals surface area contributed by atoms with E-state index in [1.807, 2.05) is 0 Å². The number of nitrogens with zero attached hydrogens (tertiary/aromatic N) is 1. The largest absolute Gasteiger partial charge is 0.493 e. The van der Waals surface area contributed by atoms with Crippen molar-refractivity contribution in [3.63, 3.8) is 0 Å². The molecule has 2 rings (SSSR count). The van der Waals surface area contributed by atoms with E-state index >= 15 is 0 Å². The standard InChI is InChI=1S/C12H11F3N2O2/c13-12(14,15)11(18)19-17-7-8(5-6-16)9-3-1-2-4-10(9)17/h1-4,7H,5-6,16H2. The third kappa shape index (κ3) is 2.70. The molecule has 0 aliphatic rings. The first-order valence-corrected chi connectivity index (χ1v) is 5.52. The second kappa shape index (κ2) is 4.93.